The maximum Gasteiger partial charge on any atom is 0.255 e. The second kappa shape index (κ2) is 5.74. The van der Waals surface area contributed by atoms with Crippen LogP contribution in [0.5, 0.6) is 0 Å². The number of hydrogen-bond donors (Lipinski definition) is 1. The summed E-state index contributed by atoms with van der Waals surface area (Å²) in [6.45, 7) is 5.91. The Balaban J connectivity index is 2.13. The van der Waals surface area contributed by atoms with Crippen LogP contribution in [-0.2, 0) is 0 Å². The molecule has 1 N–H and O–H groups in total. The van der Waals surface area contributed by atoms with E-state index in [2.05, 4.69) is 43.4 Å². The number of carbonyl (C=O) groups is 1. The molecule has 19 heavy (non-hydrogen) atoms. The van der Waals surface area contributed by atoms with Gasteiger partial charge in [-0.25, -0.2) is 0 Å². The van der Waals surface area contributed by atoms with E-state index in [9.17, 15) is 4.79 Å². The molecule has 1 heterocycles. The highest BCUT2D eigenvalue weighted by atomic mass is 16.3. The van der Waals surface area contributed by atoms with E-state index in [1.807, 2.05) is 0 Å². The Bertz CT molecular complexity index is 554. The molecule has 2 rings (SSSR count). The van der Waals surface area contributed by atoms with Crippen LogP contribution in [-0.4, -0.2) is 5.91 Å². The van der Waals surface area contributed by atoms with Gasteiger partial charge in [0.25, 0.3) is 5.91 Å². The molecule has 1 amide bonds. The number of benzene rings is 1. The first kappa shape index (κ1) is 13.4. The molecule has 0 radical (unpaired) electrons. The highest BCUT2D eigenvalue weighted by molar-refractivity contribution is 5.95. The van der Waals surface area contributed by atoms with Gasteiger partial charge in [0.1, 0.15) is 5.76 Å². The summed E-state index contributed by atoms with van der Waals surface area (Å²) in [6.07, 6.45) is 2.39. The Morgan fingerprint density at radius 3 is 2.42 bits per heavy atom. The summed E-state index contributed by atoms with van der Waals surface area (Å²) < 4.78 is 5.16. The third kappa shape index (κ3) is 3.05. The zero-order valence-corrected chi connectivity index (χ0v) is 11.6. The highest BCUT2D eigenvalue weighted by Gasteiger charge is 2.16. The SMILES string of the molecule is CC[C@H](NC(=O)c1ccoc1C)c1ccc(C)cc1. The van der Waals surface area contributed by atoms with E-state index in [0.29, 0.717) is 11.3 Å². The normalized spacial score (nSPS) is 12.2. The fourth-order valence-corrected chi connectivity index (χ4v) is 2.08. The van der Waals surface area contributed by atoms with Gasteiger partial charge in [-0.3, -0.25) is 4.79 Å². The molecule has 0 saturated heterocycles. The van der Waals surface area contributed by atoms with Crippen molar-refractivity contribution in [1.29, 1.82) is 0 Å². The lowest BCUT2D eigenvalue weighted by Gasteiger charge is -2.17. The van der Waals surface area contributed by atoms with E-state index >= 15 is 0 Å². The summed E-state index contributed by atoms with van der Waals surface area (Å²) in [4.78, 5) is 12.2. The number of hydrogen-bond acceptors (Lipinski definition) is 2. The number of rotatable bonds is 4. The van der Waals surface area contributed by atoms with Crippen LogP contribution in [0, 0.1) is 13.8 Å². The molecule has 0 bridgehead atoms. The lowest BCUT2D eigenvalue weighted by Crippen LogP contribution is -2.28. The number of aryl methyl sites for hydroxylation is 2. The lowest BCUT2D eigenvalue weighted by molar-refractivity contribution is 0.0934. The van der Waals surface area contributed by atoms with Crippen LogP contribution < -0.4 is 5.32 Å². The summed E-state index contributed by atoms with van der Waals surface area (Å²) in [7, 11) is 0. The van der Waals surface area contributed by atoms with E-state index in [4.69, 9.17) is 4.42 Å². The first-order valence-corrected chi connectivity index (χ1v) is 6.53. The topological polar surface area (TPSA) is 42.2 Å². The molecule has 0 spiro atoms. The smallest absolute Gasteiger partial charge is 0.255 e. The van der Waals surface area contributed by atoms with Crippen LogP contribution in [0.4, 0.5) is 0 Å². The van der Waals surface area contributed by atoms with Crippen molar-refractivity contribution in [2.75, 3.05) is 0 Å². The van der Waals surface area contributed by atoms with Gasteiger partial charge in [0.05, 0.1) is 17.9 Å². The van der Waals surface area contributed by atoms with Crippen LogP contribution in [0.25, 0.3) is 0 Å². The fraction of sp³-hybridized carbons (Fsp3) is 0.312. The minimum Gasteiger partial charge on any atom is -0.469 e. The van der Waals surface area contributed by atoms with Crippen LogP contribution in [0.3, 0.4) is 0 Å². The van der Waals surface area contributed by atoms with Crippen molar-refractivity contribution in [2.45, 2.75) is 33.2 Å². The van der Waals surface area contributed by atoms with Gasteiger partial charge in [-0.15, -0.1) is 0 Å². The maximum absolute atomic E-state index is 12.2. The Morgan fingerprint density at radius 2 is 1.89 bits per heavy atom. The van der Waals surface area contributed by atoms with E-state index in [1.54, 1.807) is 13.0 Å². The van der Waals surface area contributed by atoms with Crippen LogP contribution >= 0.6 is 0 Å². The quantitative estimate of drug-likeness (QED) is 0.905. The van der Waals surface area contributed by atoms with Crippen molar-refractivity contribution in [1.82, 2.24) is 5.32 Å². The van der Waals surface area contributed by atoms with Crippen LogP contribution in [0.1, 0.15) is 46.6 Å². The lowest BCUT2D eigenvalue weighted by atomic mass is 10.0. The molecule has 0 unspecified atom stereocenters. The molecular formula is C16H19NO2. The molecule has 1 aromatic heterocycles. The van der Waals surface area contributed by atoms with Crippen molar-refractivity contribution in [3.8, 4) is 0 Å². The van der Waals surface area contributed by atoms with Crippen molar-refractivity contribution in [3.05, 3.63) is 59.0 Å². The molecule has 1 aromatic carbocycles. The fourth-order valence-electron chi connectivity index (χ4n) is 2.08. The molecule has 0 aliphatic heterocycles. The van der Waals surface area contributed by atoms with E-state index < -0.39 is 0 Å². The van der Waals surface area contributed by atoms with Gasteiger partial charge in [-0.1, -0.05) is 36.8 Å². The van der Waals surface area contributed by atoms with Gasteiger partial charge < -0.3 is 9.73 Å². The number of amides is 1. The summed E-state index contributed by atoms with van der Waals surface area (Å²) in [5.74, 6) is 0.565. The standard InChI is InChI=1S/C16H19NO2/c1-4-15(13-7-5-11(2)6-8-13)17-16(18)14-9-10-19-12(14)3/h5-10,15H,4H2,1-3H3,(H,17,18)/t15-/m0/s1. The zero-order valence-electron chi connectivity index (χ0n) is 11.6. The maximum atomic E-state index is 12.2. The molecule has 3 nitrogen and oxygen atoms in total. The minimum atomic E-state index is -0.0846. The minimum absolute atomic E-state index is 0.0300. The summed E-state index contributed by atoms with van der Waals surface area (Å²) in [5, 5.41) is 3.05. The molecule has 3 heteroatoms. The molecule has 0 aliphatic carbocycles. The van der Waals surface area contributed by atoms with Crippen molar-refractivity contribution in [2.24, 2.45) is 0 Å². The third-order valence-corrected chi connectivity index (χ3v) is 3.30. The van der Waals surface area contributed by atoms with Gasteiger partial charge >= 0.3 is 0 Å². The molecule has 100 valence electrons. The van der Waals surface area contributed by atoms with Crippen LogP contribution in [0.2, 0.25) is 0 Å². The predicted molar refractivity (Wildman–Crippen MR) is 75.1 cm³/mol. The Labute approximate surface area is 113 Å². The van der Waals surface area contributed by atoms with Gasteiger partial charge in [0.2, 0.25) is 0 Å². The number of furan rings is 1. The monoisotopic (exact) mass is 257 g/mol. The number of carbonyl (C=O) groups excluding carboxylic acids is 1. The van der Waals surface area contributed by atoms with E-state index in [1.165, 1.54) is 11.8 Å². The molecular weight excluding hydrogens is 238 g/mol. The van der Waals surface area contributed by atoms with Crippen LogP contribution in [0.15, 0.2) is 41.0 Å². The van der Waals surface area contributed by atoms with Gasteiger partial charge in [0.15, 0.2) is 0 Å². The average molecular weight is 257 g/mol. The molecule has 0 fully saturated rings. The van der Waals surface area contributed by atoms with Gasteiger partial charge in [-0.2, -0.15) is 0 Å². The second-order valence-electron chi connectivity index (χ2n) is 4.74. The van der Waals surface area contributed by atoms with E-state index in [0.717, 1.165) is 12.0 Å². The largest absolute Gasteiger partial charge is 0.469 e. The zero-order chi connectivity index (χ0) is 13.8. The second-order valence-corrected chi connectivity index (χ2v) is 4.74. The first-order chi connectivity index (χ1) is 9.11. The first-order valence-electron chi connectivity index (χ1n) is 6.53. The molecule has 2 aromatic rings. The number of nitrogens with one attached hydrogen (secondary N) is 1. The highest BCUT2D eigenvalue weighted by Crippen LogP contribution is 2.18. The van der Waals surface area contributed by atoms with E-state index in [-0.39, 0.29) is 11.9 Å². The predicted octanol–water partition coefficient (Wildman–Crippen LogP) is 3.78. The Kier molecular flexibility index (Phi) is 4.05. The van der Waals surface area contributed by atoms with Gasteiger partial charge in [-0.05, 0) is 31.9 Å². The summed E-state index contributed by atoms with van der Waals surface area (Å²) in [5.41, 5.74) is 2.95. The Hall–Kier alpha value is -2.03. The van der Waals surface area contributed by atoms with Crippen molar-refractivity contribution >= 4 is 5.91 Å². The molecule has 1 atom stereocenters. The van der Waals surface area contributed by atoms with Crippen molar-refractivity contribution in [3.63, 3.8) is 0 Å². The third-order valence-electron chi connectivity index (χ3n) is 3.30. The molecule has 0 aliphatic rings. The van der Waals surface area contributed by atoms with Gasteiger partial charge in [0, 0.05) is 0 Å². The Morgan fingerprint density at radius 1 is 1.21 bits per heavy atom. The summed E-state index contributed by atoms with van der Waals surface area (Å²) in [6, 6.07) is 9.98. The van der Waals surface area contributed by atoms with Crippen molar-refractivity contribution < 1.29 is 9.21 Å². The average Bonchev–Trinajstić information content (AvgIpc) is 2.83. The summed E-state index contributed by atoms with van der Waals surface area (Å²) >= 11 is 0. The molecule has 0 saturated carbocycles.